The van der Waals surface area contributed by atoms with E-state index in [4.69, 9.17) is 27.8 Å². The minimum absolute atomic E-state index is 0.0828. The Balaban J connectivity index is 1.53. The van der Waals surface area contributed by atoms with Crippen LogP contribution < -0.4 is 5.32 Å². The van der Waals surface area contributed by atoms with Crippen molar-refractivity contribution in [3.05, 3.63) is 0 Å². The summed E-state index contributed by atoms with van der Waals surface area (Å²) in [6.07, 6.45) is -1.27. The standard InChI is InChI=1S/C23H49N4O9P3/c1-18-9-24-10-21(34-18)15-32-38(7,29)26-11-20(3)36-23(14-26)17-33-39(8,30)27-12-19(2)35-22(13-27)16-31-37(6,28)25(4)5/h18-24H,9-17H2,1-8H3/t18-,19-,20-,21-,22-,23-,37+,38?,39?/m0/s1. The van der Waals surface area contributed by atoms with Gasteiger partial charge in [-0.05, 0) is 34.9 Å². The number of rotatable bonds is 12. The molecule has 1 N–H and O–H groups in total. The molecule has 0 aliphatic carbocycles. The molecule has 3 heterocycles. The minimum atomic E-state index is -3.21. The van der Waals surface area contributed by atoms with Gasteiger partial charge in [-0.1, -0.05) is 0 Å². The molecule has 0 aromatic rings. The lowest BCUT2D eigenvalue weighted by Gasteiger charge is -2.41. The van der Waals surface area contributed by atoms with Crippen LogP contribution in [0.1, 0.15) is 20.8 Å². The summed E-state index contributed by atoms with van der Waals surface area (Å²) >= 11 is 0. The Kier molecular flexibility index (Phi) is 12.3. The Morgan fingerprint density at radius 2 is 1.13 bits per heavy atom. The molecule has 39 heavy (non-hydrogen) atoms. The van der Waals surface area contributed by atoms with Crippen LogP contribution in [0.15, 0.2) is 0 Å². The molecular weight excluding hydrogens is 569 g/mol. The maximum Gasteiger partial charge on any atom is 0.269 e. The summed E-state index contributed by atoms with van der Waals surface area (Å²) < 4.78 is 80.2. The average Bonchev–Trinajstić information content (AvgIpc) is 2.84. The molecule has 0 radical (unpaired) electrons. The number of morpholine rings is 3. The number of nitrogens with zero attached hydrogens (tertiary/aromatic N) is 3. The van der Waals surface area contributed by atoms with Crippen molar-refractivity contribution >= 4 is 22.6 Å². The molecule has 9 atom stereocenters. The molecule has 3 aliphatic rings. The van der Waals surface area contributed by atoms with Gasteiger partial charge in [0, 0.05) is 59.3 Å². The van der Waals surface area contributed by atoms with Gasteiger partial charge >= 0.3 is 0 Å². The molecule has 13 nitrogen and oxygen atoms in total. The van der Waals surface area contributed by atoms with Crippen molar-refractivity contribution in [2.24, 2.45) is 0 Å². The molecule has 3 aliphatic heterocycles. The van der Waals surface area contributed by atoms with Gasteiger partial charge in [-0.2, -0.15) is 0 Å². The summed E-state index contributed by atoms with van der Waals surface area (Å²) in [6.45, 7) is 14.0. The van der Waals surface area contributed by atoms with E-state index in [1.165, 1.54) is 0 Å². The molecule has 2 unspecified atom stereocenters. The monoisotopic (exact) mass is 618 g/mol. The third kappa shape index (κ3) is 10.2. The van der Waals surface area contributed by atoms with Crippen LogP contribution in [0.25, 0.3) is 0 Å². The van der Waals surface area contributed by atoms with Gasteiger partial charge in [-0.3, -0.25) is 13.7 Å². The second kappa shape index (κ2) is 14.2. The van der Waals surface area contributed by atoms with Crippen LogP contribution in [0.5, 0.6) is 0 Å². The molecule has 0 aromatic carbocycles. The van der Waals surface area contributed by atoms with Crippen molar-refractivity contribution in [3.63, 3.8) is 0 Å². The second-order valence-corrected chi connectivity index (χ2v) is 18.8. The third-order valence-corrected chi connectivity index (χ3v) is 13.1. The molecule has 3 rings (SSSR count). The van der Waals surface area contributed by atoms with Gasteiger partial charge < -0.3 is 33.1 Å². The maximum atomic E-state index is 13.7. The van der Waals surface area contributed by atoms with E-state index in [0.717, 1.165) is 6.54 Å². The highest BCUT2D eigenvalue weighted by atomic mass is 31.2. The van der Waals surface area contributed by atoms with E-state index >= 15 is 0 Å². The zero-order valence-corrected chi connectivity index (χ0v) is 27.4. The van der Waals surface area contributed by atoms with Gasteiger partial charge in [0.2, 0.25) is 0 Å². The number of nitrogens with one attached hydrogen (secondary N) is 1. The van der Waals surface area contributed by atoms with E-state index in [9.17, 15) is 13.7 Å². The fraction of sp³-hybridized carbons (Fsp3) is 1.00. The first-order chi connectivity index (χ1) is 18.1. The summed E-state index contributed by atoms with van der Waals surface area (Å²) in [6, 6.07) is 0. The van der Waals surface area contributed by atoms with E-state index < -0.39 is 34.8 Å². The van der Waals surface area contributed by atoms with E-state index in [1.807, 2.05) is 25.4 Å². The lowest BCUT2D eigenvalue weighted by Crippen LogP contribution is -2.48. The number of ether oxygens (including phenoxy) is 3. The summed E-state index contributed by atoms with van der Waals surface area (Å²) in [5.41, 5.74) is 0. The van der Waals surface area contributed by atoms with Gasteiger partial charge in [-0.15, -0.1) is 0 Å². The molecular formula is C23H49N4O9P3. The smallest absolute Gasteiger partial charge is 0.269 e. The van der Waals surface area contributed by atoms with Crippen LogP contribution in [0, 0.1) is 0 Å². The Morgan fingerprint density at radius 3 is 1.59 bits per heavy atom. The predicted molar refractivity (Wildman–Crippen MR) is 151 cm³/mol. The van der Waals surface area contributed by atoms with Crippen molar-refractivity contribution in [1.82, 2.24) is 19.3 Å². The number of hydrogen-bond donors (Lipinski definition) is 1. The molecule has 0 spiro atoms. The summed E-state index contributed by atoms with van der Waals surface area (Å²) in [5.74, 6) is 0. The molecule has 3 saturated heterocycles. The SMILES string of the molecule is C[C@H]1CNC[C@@H](COP(C)(=O)N2C[C@@H](COP(C)(=O)N3C[C@@H](CO[P@@](C)(=O)N(C)C)O[C@@H](C)C3)O[C@@H](C)C2)O1. The highest BCUT2D eigenvalue weighted by Gasteiger charge is 2.39. The van der Waals surface area contributed by atoms with Crippen LogP contribution in [0.2, 0.25) is 0 Å². The molecule has 230 valence electrons. The molecule has 0 bridgehead atoms. The topological polar surface area (TPSA) is 128 Å². The fourth-order valence-corrected chi connectivity index (χ4v) is 8.63. The Hall–Kier alpha value is 0.290. The largest absolute Gasteiger partial charge is 0.370 e. The van der Waals surface area contributed by atoms with Crippen molar-refractivity contribution in [3.8, 4) is 0 Å². The normalized spacial score (nSPS) is 36.2. The van der Waals surface area contributed by atoms with E-state index in [0.29, 0.717) is 32.7 Å². The first-order valence-corrected chi connectivity index (χ1v) is 19.7. The van der Waals surface area contributed by atoms with Gasteiger partial charge in [0.05, 0.1) is 56.4 Å². The van der Waals surface area contributed by atoms with Gasteiger partial charge in [-0.25, -0.2) is 14.0 Å². The summed E-state index contributed by atoms with van der Waals surface area (Å²) in [7, 11) is -5.84. The first kappa shape index (κ1) is 33.8. The summed E-state index contributed by atoms with van der Waals surface area (Å²) in [5, 5.41) is 3.29. The Bertz CT molecular complexity index is 945. The highest BCUT2D eigenvalue weighted by Crippen LogP contribution is 2.51. The lowest BCUT2D eigenvalue weighted by atomic mass is 10.2. The minimum Gasteiger partial charge on any atom is -0.370 e. The van der Waals surface area contributed by atoms with Crippen LogP contribution in [-0.4, -0.2) is 144 Å². The first-order valence-electron chi connectivity index (χ1n) is 13.6. The molecule has 3 fully saturated rings. The Labute approximate surface area is 234 Å². The Morgan fingerprint density at radius 1 is 0.692 bits per heavy atom. The van der Waals surface area contributed by atoms with E-state index in [1.54, 1.807) is 43.4 Å². The fourth-order valence-electron chi connectivity index (χ4n) is 4.73. The molecule has 0 amide bonds. The van der Waals surface area contributed by atoms with Gasteiger partial charge in [0.15, 0.2) is 0 Å². The molecule has 0 saturated carbocycles. The third-order valence-electron chi connectivity index (χ3n) is 7.10. The lowest BCUT2D eigenvalue weighted by molar-refractivity contribution is -0.0844. The highest BCUT2D eigenvalue weighted by molar-refractivity contribution is 7.56. The quantitative estimate of drug-likeness (QED) is 0.322. The van der Waals surface area contributed by atoms with Gasteiger partial charge in [0.25, 0.3) is 22.6 Å². The van der Waals surface area contributed by atoms with Crippen molar-refractivity contribution in [2.75, 3.05) is 93.2 Å². The van der Waals surface area contributed by atoms with Crippen molar-refractivity contribution < 1.29 is 41.5 Å². The maximum absolute atomic E-state index is 13.7. The van der Waals surface area contributed by atoms with Crippen LogP contribution in [-0.2, 0) is 41.5 Å². The number of hydrogen-bond acceptors (Lipinski definition) is 10. The summed E-state index contributed by atoms with van der Waals surface area (Å²) in [4.78, 5) is 0. The molecule has 16 heteroatoms. The van der Waals surface area contributed by atoms with E-state index in [2.05, 4.69) is 5.32 Å². The second-order valence-electron chi connectivity index (χ2n) is 11.3. The molecule has 0 aromatic heterocycles. The van der Waals surface area contributed by atoms with E-state index in [-0.39, 0.29) is 44.2 Å². The zero-order chi connectivity index (χ0) is 29.0. The van der Waals surface area contributed by atoms with Crippen LogP contribution in [0.4, 0.5) is 0 Å². The van der Waals surface area contributed by atoms with Crippen LogP contribution >= 0.6 is 22.6 Å². The van der Waals surface area contributed by atoms with Crippen molar-refractivity contribution in [1.29, 1.82) is 0 Å². The van der Waals surface area contributed by atoms with Crippen LogP contribution in [0.3, 0.4) is 0 Å². The zero-order valence-electron chi connectivity index (χ0n) is 24.7. The van der Waals surface area contributed by atoms with Crippen molar-refractivity contribution in [2.45, 2.75) is 57.4 Å². The van der Waals surface area contributed by atoms with Gasteiger partial charge in [0.1, 0.15) is 0 Å². The predicted octanol–water partition coefficient (Wildman–Crippen LogP) is 2.62. The average molecular weight is 619 g/mol.